The quantitative estimate of drug-likeness (QED) is 0.377. The Kier molecular flexibility index (Phi) is 7.18. The number of rotatable bonds is 6. The Hall–Kier alpha value is -1.36. The van der Waals surface area contributed by atoms with E-state index in [2.05, 4.69) is 44.6 Å². The maximum atomic E-state index is 4.61. The van der Waals surface area contributed by atoms with Gasteiger partial charge >= 0.3 is 0 Å². The molecule has 1 N–H and O–H groups in total. The van der Waals surface area contributed by atoms with Crippen LogP contribution in [0.5, 0.6) is 0 Å². The van der Waals surface area contributed by atoms with Crippen molar-refractivity contribution < 1.29 is 0 Å². The summed E-state index contributed by atoms with van der Waals surface area (Å²) in [7, 11) is 2.05. The fourth-order valence-electron chi connectivity index (χ4n) is 1.68. The molecular formula is C14H24N4S. The van der Waals surface area contributed by atoms with Crippen molar-refractivity contribution in [2.24, 2.45) is 4.99 Å². The third-order valence-corrected chi connectivity index (χ3v) is 3.38. The number of aryl methyl sites for hydroxylation is 1. The summed E-state index contributed by atoms with van der Waals surface area (Å²) in [5.74, 6) is 0.942. The van der Waals surface area contributed by atoms with Gasteiger partial charge in [-0.3, -0.25) is 4.99 Å². The molecule has 0 saturated carbocycles. The van der Waals surface area contributed by atoms with E-state index in [1.165, 1.54) is 0 Å². The lowest BCUT2D eigenvalue weighted by Crippen LogP contribution is -2.38. The molecule has 106 valence electrons. The number of guanidine groups is 1. The fraction of sp³-hybridized carbons (Fsp3) is 0.571. The highest BCUT2D eigenvalue weighted by Gasteiger charge is 2.07. The molecule has 1 rings (SSSR count). The number of nitrogens with zero attached hydrogens (tertiary/aromatic N) is 3. The molecule has 0 spiro atoms. The first kappa shape index (κ1) is 15.7. The Morgan fingerprint density at radius 2 is 2.37 bits per heavy atom. The maximum absolute atomic E-state index is 4.61. The molecule has 0 aliphatic heterocycles. The molecule has 0 radical (unpaired) electrons. The zero-order chi connectivity index (χ0) is 14.1. The molecule has 1 aromatic heterocycles. The van der Waals surface area contributed by atoms with Gasteiger partial charge in [0.2, 0.25) is 0 Å². The molecule has 0 unspecified atom stereocenters. The lowest BCUT2D eigenvalue weighted by Gasteiger charge is -2.21. The highest BCUT2D eigenvalue weighted by Crippen LogP contribution is 2.09. The number of allylic oxidation sites excluding steroid dienone is 1. The topological polar surface area (TPSA) is 40.5 Å². The van der Waals surface area contributed by atoms with Gasteiger partial charge in [0.1, 0.15) is 0 Å². The van der Waals surface area contributed by atoms with Gasteiger partial charge in [-0.1, -0.05) is 12.2 Å². The number of nitrogens with one attached hydrogen (secondary N) is 1. The normalized spacial score (nSPS) is 12.1. The highest BCUT2D eigenvalue weighted by atomic mass is 32.1. The van der Waals surface area contributed by atoms with Gasteiger partial charge in [0, 0.05) is 25.5 Å². The molecule has 0 fully saturated rings. The summed E-state index contributed by atoms with van der Waals surface area (Å²) in [6, 6.07) is 0. The SMILES string of the molecule is C/C=C/CCN=C(NCC)N(C)Cc1csc(C)n1. The van der Waals surface area contributed by atoms with Gasteiger partial charge < -0.3 is 10.2 Å². The lowest BCUT2D eigenvalue weighted by molar-refractivity contribution is 0.471. The summed E-state index contributed by atoms with van der Waals surface area (Å²) >= 11 is 1.69. The van der Waals surface area contributed by atoms with E-state index in [1.807, 2.05) is 20.9 Å². The second-order valence-electron chi connectivity index (χ2n) is 4.31. The molecule has 1 aromatic rings. The Morgan fingerprint density at radius 3 is 2.95 bits per heavy atom. The maximum Gasteiger partial charge on any atom is 0.194 e. The van der Waals surface area contributed by atoms with Crippen LogP contribution in [0.2, 0.25) is 0 Å². The van der Waals surface area contributed by atoms with Crippen LogP contribution in [-0.2, 0) is 6.54 Å². The molecule has 0 saturated heterocycles. The predicted molar refractivity (Wildman–Crippen MR) is 83.7 cm³/mol. The molecule has 0 bridgehead atoms. The van der Waals surface area contributed by atoms with Crippen LogP contribution in [0.25, 0.3) is 0 Å². The molecular weight excluding hydrogens is 256 g/mol. The van der Waals surface area contributed by atoms with Crippen molar-refractivity contribution >= 4 is 17.3 Å². The van der Waals surface area contributed by atoms with Crippen molar-refractivity contribution in [3.63, 3.8) is 0 Å². The fourth-order valence-corrected chi connectivity index (χ4v) is 2.28. The largest absolute Gasteiger partial charge is 0.357 e. The van der Waals surface area contributed by atoms with Gasteiger partial charge in [-0.2, -0.15) is 0 Å². The molecule has 19 heavy (non-hydrogen) atoms. The smallest absolute Gasteiger partial charge is 0.194 e. The van der Waals surface area contributed by atoms with Crippen LogP contribution in [-0.4, -0.2) is 36.0 Å². The van der Waals surface area contributed by atoms with Crippen molar-refractivity contribution in [1.82, 2.24) is 15.2 Å². The van der Waals surface area contributed by atoms with E-state index in [1.54, 1.807) is 11.3 Å². The molecule has 0 amide bonds. The molecule has 1 heterocycles. The molecule has 4 nitrogen and oxygen atoms in total. The number of hydrogen-bond acceptors (Lipinski definition) is 3. The average molecular weight is 280 g/mol. The second kappa shape index (κ2) is 8.69. The van der Waals surface area contributed by atoms with Crippen LogP contribution in [0.1, 0.15) is 31.0 Å². The van der Waals surface area contributed by atoms with Gasteiger partial charge in [0.25, 0.3) is 0 Å². The van der Waals surface area contributed by atoms with E-state index in [4.69, 9.17) is 0 Å². The number of hydrogen-bond donors (Lipinski definition) is 1. The lowest BCUT2D eigenvalue weighted by atomic mass is 10.4. The Bertz CT molecular complexity index is 423. The van der Waals surface area contributed by atoms with Crippen molar-refractivity contribution in [2.75, 3.05) is 20.1 Å². The van der Waals surface area contributed by atoms with Crippen LogP contribution in [0.3, 0.4) is 0 Å². The van der Waals surface area contributed by atoms with Crippen molar-refractivity contribution in [3.8, 4) is 0 Å². The zero-order valence-electron chi connectivity index (χ0n) is 12.3. The minimum atomic E-state index is 0.791. The number of thiazole rings is 1. The predicted octanol–water partition coefficient (Wildman–Crippen LogP) is 2.82. The van der Waals surface area contributed by atoms with E-state index in [0.717, 1.165) is 42.7 Å². The molecule has 0 aliphatic rings. The van der Waals surface area contributed by atoms with Crippen LogP contribution in [0.15, 0.2) is 22.5 Å². The van der Waals surface area contributed by atoms with Crippen molar-refractivity contribution in [3.05, 3.63) is 28.2 Å². The van der Waals surface area contributed by atoms with E-state index in [-0.39, 0.29) is 0 Å². The van der Waals surface area contributed by atoms with Gasteiger partial charge in [-0.25, -0.2) is 4.98 Å². The molecule has 5 heteroatoms. The average Bonchev–Trinajstić information content (AvgIpc) is 2.78. The Balaban J connectivity index is 2.58. The third kappa shape index (κ3) is 5.87. The summed E-state index contributed by atoms with van der Waals surface area (Å²) in [6.45, 7) is 8.63. The minimum absolute atomic E-state index is 0.791. The minimum Gasteiger partial charge on any atom is -0.357 e. The Labute approximate surface area is 120 Å². The van der Waals surface area contributed by atoms with E-state index in [0.29, 0.717) is 0 Å². The van der Waals surface area contributed by atoms with E-state index in [9.17, 15) is 0 Å². The summed E-state index contributed by atoms with van der Waals surface area (Å²) in [6.07, 6.45) is 5.18. The first-order valence-corrected chi connectivity index (χ1v) is 7.57. The summed E-state index contributed by atoms with van der Waals surface area (Å²) in [5.41, 5.74) is 1.10. The van der Waals surface area contributed by atoms with Crippen molar-refractivity contribution in [2.45, 2.75) is 33.7 Å². The number of aromatic nitrogens is 1. The Morgan fingerprint density at radius 1 is 1.58 bits per heavy atom. The van der Waals surface area contributed by atoms with Crippen LogP contribution >= 0.6 is 11.3 Å². The first-order chi connectivity index (χ1) is 9.17. The zero-order valence-corrected chi connectivity index (χ0v) is 13.1. The van der Waals surface area contributed by atoms with Gasteiger partial charge in [0.05, 0.1) is 17.2 Å². The van der Waals surface area contributed by atoms with Crippen LogP contribution in [0.4, 0.5) is 0 Å². The number of aliphatic imine (C=N–C) groups is 1. The first-order valence-electron chi connectivity index (χ1n) is 6.69. The van der Waals surface area contributed by atoms with E-state index < -0.39 is 0 Å². The molecule has 0 aliphatic carbocycles. The van der Waals surface area contributed by atoms with Crippen molar-refractivity contribution in [1.29, 1.82) is 0 Å². The summed E-state index contributed by atoms with van der Waals surface area (Å²) in [5, 5.41) is 6.53. The van der Waals surface area contributed by atoms with Crippen LogP contribution in [0, 0.1) is 6.92 Å². The third-order valence-electron chi connectivity index (χ3n) is 2.56. The van der Waals surface area contributed by atoms with Gasteiger partial charge in [-0.15, -0.1) is 11.3 Å². The summed E-state index contributed by atoms with van der Waals surface area (Å²) < 4.78 is 0. The monoisotopic (exact) mass is 280 g/mol. The highest BCUT2D eigenvalue weighted by molar-refractivity contribution is 7.09. The molecule has 0 aromatic carbocycles. The molecule has 0 atom stereocenters. The standard InChI is InChI=1S/C14H24N4S/c1-5-7-8-9-16-14(15-6-2)18(4)10-13-11-19-12(3)17-13/h5,7,11H,6,8-10H2,1-4H3,(H,15,16)/b7-5+. The van der Waals surface area contributed by atoms with Gasteiger partial charge in [-0.05, 0) is 27.2 Å². The van der Waals surface area contributed by atoms with Gasteiger partial charge in [0.15, 0.2) is 5.96 Å². The van der Waals surface area contributed by atoms with Crippen LogP contribution < -0.4 is 5.32 Å². The summed E-state index contributed by atoms with van der Waals surface area (Å²) in [4.78, 5) is 11.2. The van der Waals surface area contributed by atoms with E-state index >= 15 is 0 Å². The second-order valence-corrected chi connectivity index (χ2v) is 5.37.